The van der Waals surface area contributed by atoms with Crippen molar-refractivity contribution in [3.63, 3.8) is 0 Å². The van der Waals surface area contributed by atoms with E-state index in [4.69, 9.17) is 11.5 Å². The SMILES string of the molecule is Cc1cnc(N)nc1NCCCCC(N)=O. The lowest BCUT2D eigenvalue weighted by Crippen LogP contribution is -2.11. The number of nitrogens with one attached hydrogen (secondary N) is 1. The van der Waals surface area contributed by atoms with Gasteiger partial charge in [0.1, 0.15) is 5.82 Å². The maximum absolute atomic E-state index is 10.5. The number of nitrogens with zero attached hydrogens (tertiary/aromatic N) is 2. The van der Waals surface area contributed by atoms with Crippen molar-refractivity contribution in [3.8, 4) is 0 Å². The highest BCUT2D eigenvalue weighted by Gasteiger charge is 2.01. The first-order valence-corrected chi connectivity index (χ1v) is 5.21. The van der Waals surface area contributed by atoms with E-state index in [1.165, 1.54) is 0 Å². The summed E-state index contributed by atoms with van der Waals surface area (Å²) < 4.78 is 0. The van der Waals surface area contributed by atoms with Crippen LogP contribution in [0.4, 0.5) is 11.8 Å². The number of unbranched alkanes of at least 4 members (excludes halogenated alkanes) is 1. The summed E-state index contributed by atoms with van der Waals surface area (Å²) in [5, 5.41) is 3.14. The Morgan fingerprint density at radius 3 is 2.94 bits per heavy atom. The number of nitrogen functional groups attached to an aromatic ring is 1. The Hall–Kier alpha value is -1.85. The number of carbonyl (C=O) groups is 1. The molecule has 0 atom stereocenters. The maximum Gasteiger partial charge on any atom is 0.221 e. The molecule has 1 amide bonds. The van der Waals surface area contributed by atoms with E-state index in [1.54, 1.807) is 6.20 Å². The molecular weight excluding hydrogens is 206 g/mol. The number of aromatic nitrogens is 2. The van der Waals surface area contributed by atoms with Gasteiger partial charge in [-0.2, -0.15) is 4.98 Å². The fraction of sp³-hybridized carbons (Fsp3) is 0.500. The van der Waals surface area contributed by atoms with Gasteiger partial charge in [-0.1, -0.05) is 0 Å². The van der Waals surface area contributed by atoms with E-state index >= 15 is 0 Å². The van der Waals surface area contributed by atoms with E-state index in [0.29, 0.717) is 6.42 Å². The molecule has 0 unspecified atom stereocenters. The average molecular weight is 223 g/mol. The first kappa shape index (κ1) is 12.2. The van der Waals surface area contributed by atoms with Crippen molar-refractivity contribution < 1.29 is 4.79 Å². The molecule has 0 aromatic carbocycles. The van der Waals surface area contributed by atoms with Gasteiger partial charge >= 0.3 is 0 Å². The van der Waals surface area contributed by atoms with Gasteiger partial charge in [0.2, 0.25) is 11.9 Å². The fourth-order valence-corrected chi connectivity index (χ4v) is 1.27. The molecule has 5 N–H and O–H groups in total. The molecule has 6 heteroatoms. The van der Waals surface area contributed by atoms with Gasteiger partial charge in [-0.25, -0.2) is 4.98 Å². The van der Waals surface area contributed by atoms with Crippen LogP contribution in [0.3, 0.4) is 0 Å². The Morgan fingerprint density at radius 2 is 2.25 bits per heavy atom. The maximum atomic E-state index is 10.5. The molecule has 0 radical (unpaired) electrons. The van der Waals surface area contributed by atoms with E-state index in [-0.39, 0.29) is 11.9 Å². The Morgan fingerprint density at radius 1 is 1.50 bits per heavy atom. The third-order valence-electron chi connectivity index (χ3n) is 2.13. The summed E-state index contributed by atoms with van der Waals surface area (Å²) >= 11 is 0. The predicted octanol–water partition coefficient (Wildman–Crippen LogP) is 0.435. The van der Waals surface area contributed by atoms with Crippen LogP contribution in [0.2, 0.25) is 0 Å². The first-order valence-electron chi connectivity index (χ1n) is 5.21. The summed E-state index contributed by atoms with van der Waals surface area (Å²) in [6, 6.07) is 0. The van der Waals surface area contributed by atoms with E-state index < -0.39 is 0 Å². The summed E-state index contributed by atoms with van der Waals surface area (Å²) in [6.07, 6.45) is 3.74. The van der Waals surface area contributed by atoms with Gasteiger partial charge < -0.3 is 16.8 Å². The second-order valence-corrected chi connectivity index (χ2v) is 3.61. The van der Waals surface area contributed by atoms with Crippen molar-refractivity contribution in [1.29, 1.82) is 0 Å². The molecule has 6 nitrogen and oxygen atoms in total. The van der Waals surface area contributed by atoms with E-state index in [9.17, 15) is 4.79 Å². The van der Waals surface area contributed by atoms with Gasteiger partial charge in [-0.3, -0.25) is 4.79 Å². The number of aryl methyl sites for hydroxylation is 1. The number of primary amides is 1. The molecule has 1 aromatic heterocycles. The van der Waals surface area contributed by atoms with Crippen molar-refractivity contribution in [2.75, 3.05) is 17.6 Å². The summed E-state index contributed by atoms with van der Waals surface area (Å²) in [7, 11) is 0. The topological polar surface area (TPSA) is 107 Å². The third-order valence-corrected chi connectivity index (χ3v) is 2.13. The van der Waals surface area contributed by atoms with Crippen LogP contribution in [-0.2, 0) is 4.79 Å². The van der Waals surface area contributed by atoms with Crippen molar-refractivity contribution in [1.82, 2.24) is 9.97 Å². The lowest BCUT2D eigenvalue weighted by atomic mass is 10.2. The minimum Gasteiger partial charge on any atom is -0.370 e. The number of carbonyl (C=O) groups excluding carboxylic acids is 1. The summed E-state index contributed by atoms with van der Waals surface area (Å²) in [4.78, 5) is 18.4. The number of amides is 1. The van der Waals surface area contributed by atoms with Gasteiger partial charge in [0.15, 0.2) is 0 Å². The largest absolute Gasteiger partial charge is 0.370 e. The summed E-state index contributed by atoms with van der Waals surface area (Å²) in [6.45, 7) is 2.65. The van der Waals surface area contributed by atoms with Crippen LogP contribution in [0.1, 0.15) is 24.8 Å². The standard InChI is InChI=1S/C10H17N5O/c1-7-6-14-10(12)15-9(7)13-5-3-2-4-8(11)16/h6H,2-5H2,1H3,(H2,11,16)(H3,12,13,14,15). The zero-order valence-corrected chi connectivity index (χ0v) is 9.36. The van der Waals surface area contributed by atoms with E-state index in [1.807, 2.05) is 6.92 Å². The molecule has 0 saturated carbocycles. The second kappa shape index (κ2) is 5.89. The van der Waals surface area contributed by atoms with Crippen LogP contribution in [0.15, 0.2) is 6.20 Å². The highest BCUT2D eigenvalue weighted by Crippen LogP contribution is 2.10. The van der Waals surface area contributed by atoms with E-state index in [0.717, 1.165) is 30.8 Å². The zero-order chi connectivity index (χ0) is 12.0. The highest BCUT2D eigenvalue weighted by atomic mass is 16.1. The van der Waals surface area contributed by atoms with Crippen LogP contribution < -0.4 is 16.8 Å². The minimum atomic E-state index is -0.262. The fourth-order valence-electron chi connectivity index (χ4n) is 1.27. The quantitative estimate of drug-likeness (QED) is 0.606. The zero-order valence-electron chi connectivity index (χ0n) is 9.36. The first-order chi connectivity index (χ1) is 7.59. The molecule has 16 heavy (non-hydrogen) atoms. The average Bonchev–Trinajstić information content (AvgIpc) is 2.22. The number of rotatable bonds is 6. The van der Waals surface area contributed by atoms with Crippen LogP contribution >= 0.6 is 0 Å². The van der Waals surface area contributed by atoms with E-state index in [2.05, 4.69) is 15.3 Å². The number of anilines is 2. The molecule has 88 valence electrons. The third kappa shape index (κ3) is 4.12. The molecule has 1 rings (SSSR count). The normalized spacial score (nSPS) is 10.1. The number of nitrogens with two attached hydrogens (primary N) is 2. The molecule has 0 spiro atoms. The molecule has 0 saturated heterocycles. The number of hydrogen-bond acceptors (Lipinski definition) is 5. The van der Waals surface area contributed by atoms with Gasteiger partial charge in [0.25, 0.3) is 0 Å². The van der Waals surface area contributed by atoms with Crippen LogP contribution in [0.25, 0.3) is 0 Å². The Bertz CT molecular complexity index is 366. The number of hydrogen-bond donors (Lipinski definition) is 3. The Balaban J connectivity index is 2.31. The molecular formula is C10H17N5O. The van der Waals surface area contributed by atoms with Crippen molar-refractivity contribution >= 4 is 17.7 Å². The van der Waals surface area contributed by atoms with Crippen LogP contribution in [0, 0.1) is 6.92 Å². The molecule has 0 fully saturated rings. The van der Waals surface area contributed by atoms with Crippen molar-refractivity contribution in [3.05, 3.63) is 11.8 Å². The lowest BCUT2D eigenvalue weighted by Gasteiger charge is -2.07. The molecule has 1 aromatic rings. The molecule has 0 aliphatic rings. The highest BCUT2D eigenvalue weighted by molar-refractivity contribution is 5.73. The minimum absolute atomic E-state index is 0.255. The molecule has 0 bridgehead atoms. The van der Waals surface area contributed by atoms with Crippen LogP contribution in [0.5, 0.6) is 0 Å². The summed E-state index contributed by atoms with van der Waals surface area (Å²) in [5.74, 6) is 0.735. The monoisotopic (exact) mass is 223 g/mol. The van der Waals surface area contributed by atoms with Gasteiger partial charge in [-0.15, -0.1) is 0 Å². The smallest absolute Gasteiger partial charge is 0.221 e. The second-order valence-electron chi connectivity index (χ2n) is 3.61. The lowest BCUT2D eigenvalue weighted by molar-refractivity contribution is -0.118. The predicted molar refractivity (Wildman–Crippen MR) is 62.7 cm³/mol. The Kier molecular flexibility index (Phi) is 4.50. The van der Waals surface area contributed by atoms with Crippen molar-refractivity contribution in [2.24, 2.45) is 5.73 Å². The van der Waals surface area contributed by atoms with Gasteiger partial charge in [0, 0.05) is 24.7 Å². The molecule has 0 aliphatic heterocycles. The summed E-state index contributed by atoms with van der Waals surface area (Å²) in [5.41, 5.74) is 11.5. The van der Waals surface area contributed by atoms with Crippen molar-refractivity contribution in [2.45, 2.75) is 26.2 Å². The molecule has 0 aliphatic carbocycles. The van der Waals surface area contributed by atoms with Gasteiger partial charge in [0.05, 0.1) is 0 Å². The van der Waals surface area contributed by atoms with Crippen LogP contribution in [-0.4, -0.2) is 22.4 Å². The van der Waals surface area contributed by atoms with Gasteiger partial charge in [-0.05, 0) is 19.8 Å². The molecule has 1 heterocycles. The Labute approximate surface area is 94.5 Å².